The molecule has 0 atom stereocenters. The minimum absolute atomic E-state index is 0.233. The molecule has 2 heterocycles. The van der Waals surface area contributed by atoms with Crippen molar-refractivity contribution in [2.75, 3.05) is 5.32 Å². The Labute approximate surface area is 97.9 Å². The Balaban J connectivity index is 2.07. The van der Waals surface area contributed by atoms with Gasteiger partial charge in [0.25, 0.3) is 0 Å². The summed E-state index contributed by atoms with van der Waals surface area (Å²) >= 11 is 0. The molecule has 0 spiro atoms. The predicted octanol–water partition coefficient (Wildman–Crippen LogP) is 1.13. The molecule has 2 aromatic rings. The smallest absolute Gasteiger partial charge is 0.335 e. The van der Waals surface area contributed by atoms with Crippen LogP contribution in [0.15, 0.2) is 30.7 Å². The van der Waals surface area contributed by atoms with Crippen molar-refractivity contribution in [2.24, 2.45) is 7.05 Å². The van der Waals surface area contributed by atoms with Gasteiger partial charge in [0.15, 0.2) is 0 Å². The summed E-state index contributed by atoms with van der Waals surface area (Å²) in [4.78, 5) is 19.0. The first kappa shape index (κ1) is 11.1. The van der Waals surface area contributed by atoms with Crippen LogP contribution in [0.5, 0.6) is 0 Å². The quantitative estimate of drug-likeness (QED) is 0.825. The fourth-order valence-corrected chi connectivity index (χ4v) is 1.41. The summed E-state index contributed by atoms with van der Waals surface area (Å²) in [5.41, 5.74) is 0.893. The van der Waals surface area contributed by atoms with Crippen LogP contribution in [-0.2, 0) is 13.6 Å². The number of aryl methyl sites for hydroxylation is 1. The molecule has 0 aliphatic rings. The lowest BCUT2D eigenvalue weighted by atomic mass is 10.2. The van der Waals surface area contributed by atoms with E-state index in [4.69, 9.17) is 5.11 Å². The number of aromatic carboxylic acids is 1. The molecule has 88 valence electrons. The van der Waals surface area contributed by atoms with E-state index in [0.717, 1.165) is 0 Å². The number of imidazole rings is 1. The lowest BCUT2D eigenvalue weighted by Crippen LogP contribution is -2.07. The van der Waals surface area contributed by atoms with Gasteiger partial charge in [-0.15, -0.1) is 0 Å². The molecule has 0 bridgehead atoms. The molecule has 0 saturated heterocycles. The molecule has 17 heavy (non-hydrogen) atoms. The topological polar surface area (TPSA) is 80.0 Å². The normalized spacial score (nSPS) is 10.2. The third kappa shape index (κ3) is 2.60. The van der Waals surface area contributed by atoms with Crippen molar-refractivity contribution in [3.63, 3.8) is 0 Å². The van der Waals surface area contributed by atoms with Crippen molar-refractivity contribution in [3.05, 3.63) is 42.0 Å². The van der Waals surface area contributed by atoms with Crippen LogP contribution in [0.25, 0.3) is 0 Å². The summed E-state index contributed by atoms with van der Waals surface area (Å²) in [7, 11) is 1.87. The first-order valence-corrected chi connectivity index (χ1v) is 5.06. The highest BCUT2D eigenvalue weighted by atomic mass is 16.4. The van der Waals surface area contributed by atoms with Crippen LogP contribution < -0.4 is 5.32 Å². The van der Waals surface area contributed by atoms with Crippen molar-refractivity contribution in [3.8, 4) is 0 Å². The van der Waals surface area contributed by atoms with E-state index in [1.54, 1.807) is 6.20 Å². The first-order chi connectivity index (χ1) is 8.16. The molecule has 0 radical (unpaired) electrons. The molecular formula is C11H12N4O2. The lowest BCUT2D eigenvalue weighted by molar-refractivity contribution is 0.0696. The Morgan fingerprint density at radius 3 is 2.94 bits per heavy atom. The highest BCUT2D eigenvalue weighted by Gasteiger charge is 2.04. The minimum atomic E-state index is -0.953. The number of rotatable bonds is 4. The van der Waals surface area contributed by atoms with Crippen LogP contribution in [0.4, 0.5) is 5.95 Å². The van der Waals surface area contributed by atoms with Crippen molar-refractivity contribution in [1.29, 1.82) is 0 Å². The van der Waals surface area contributed by atoms with Crippen molar-refractivity contribution >= 4 is 11.9 Å². The number of pyridine rings is 1. The van der Waals surface area contributed by atoms with Gasteiger partial charge in [0.1, 0.15) is 0 Å². The van der Waals surface area contributed by atoms with Crippen LogP contribution in [0.3, 0.4) is 0 Å². The number of carboxylic acids is 1. The number of carbonyl (C=O) groups is 1. The SMILES string of the molecule is Cn1ccnc1NCc1cc(C(=O)O)ccn1. The number of carboxylic acid groups (broad SMARTS) is 1. The zero-order chi connectivity index (χ0) is 12.3. The van der Waals surface area contributed by atoms with Gasteiger partial charge in [-0.2, -0.15) is 0 Å². The van der Waals surface area contributed by atoms with Gasteiger partial charge in [0.05, 0.1) is 17.8 Å². The average Bonchev–Trinajstić information content (AvgIpc) is 2.72. The Kier molecular flexibility index (Phi) is 3.04. The number of aromatic nitrogens is 3. The van der Waals surface area contributed by atoms with Gasteiger partial charge < -0.3 is 15.0 Å². The number of nitrogens with one attached hydrogen (secondary N) is 1. The van der Waals surface area contributed by atoms with Gasteiger partial charge in [-0.3, -0.25) is 4.98 Å². The maximum absolute atomic E-state index is 10.8. The van der Waals surface area contributed by atoms with Gasteiger partial charge in [0, 0.05) is 25.6 Å². The minimum Gasteiger partial charge on any atom is -0.478 e. The molecule has 6 heteroatoms. The summed E-state index contributed by atoms with van der Waals surface area (Å²) in [6, 6.07) is 3.00. The van der Waals surface area contributed by atoms with Crippen LogP contribution in [0.1, 0.15) is 16.1 Å². The highest BCUT2D eigenvalue weighted by molar-refractivity contribution is 5.87. The van der Waals surface area contributed by atoms with Crippen LogP contribution >= 0.6 is 0 Å². The van der Waals surface area contributed by atoms with Gasteiger partial charge in [-0.1, -0.05) is 0 Å². The third-order valence-corrected chi connectivity index (χ3v) is 2.31. The largest absolute Gasteiger partial charge is 0.478 e. The molecule has 6 nitrogen and oxygen atoms in total. The maximum Gasteiger partial charge on any atom is 0.335 e. The molecule has 2 rings (SSSR count). The second kappa shape index (κ2) is 4.65. The van der Waals surface area contributed by atoms with Gasteiger partial charge in [-0.05, 0) is 12.1 Å². The van der Waals surface area contributed by atoms with Gasteiger partial charge in [-0.25, -0.2) is 9.78 Å². The zero-order valence-corrected chi connectivity index (χ0v) is 9.29. The molecule has 0 aliphatic heterocycles. The second-order valence-corrected chi connectivity index (χ2v) is 3.56. The molecule has 0 saturated carbocycles. The highest BCUT2D eigenvalue weighted by Crippen LogP contribution is 2.06. The van der Waals surface area contributed by atoms with Crippen molar-refractivity contribution in [2.45, 2.75) is 6.54 Å². The third-order valence-electron chi connectivity index (χ3n) is 2.31. The average molecular weight is 232 g/mol. The van der Waals surface area contributed by atoms with Crippen LogP contribution in [-0.4, -0.2) is 25.6 Å². The number of anilines is 1. The van der Waals surface area contributed by atoms with Gasteiger partial charge >= 0.3 is 5.97 Å². The number of hydrogen-bond acceptors (Lipinski definition) is 4. The summed E-state index contributed by atoms with van der Waals surface area (Å²) in [6.45, 7) is 0.436. The monoisotopic (exact) mass is 232 g/mol. The van der Waals surface area contributed by atoms with E-state index in [-0.39, 0.29) is 5.56 Å². The van der Waals surface area contributed by atoms with Crippen LogP contribution in [0.2, 0.25) is 0 Å². The lowest BCUT2D eigenvalue weighted by Gasteiger charge is -2.05. The predicted molar refractivity (Wildman–Crippen MR) is 61.7 cm³/mol. The Bertz CT molecular complexity index is 536. The molecular weight excluding hydrogens is 220 g/mol. The van der Waals surface area contributed by atoms with Crippen LogP contribution in [0, 0.1) is 0 Å². The van der Waals surface area contributed by atoms with Crippen molar-refractivity contribution in [1.82, 2.24) is 14.5 Å². The summed E-state index contributed by atoms with van der Waals surface area (Å²) in [5.74, 6) is -0.238. The van der Waals surface area contributed by atoms with E-state index in [0.29, 0.717) is 18.2 Å². The fourth-order valence-electron chi connectivity index (χ4n) is 1.41. The summed E-state index contributed by atoms with van der Waals surface area (Å²) < 4.78 is 1.83. The standard InChI is InChI=1S/C11H12N4O2/c1-15-5-4-13-11(15)14-7-9-6-8(10(16)17)2-3-12-9/h2-6H,7H2,1H3,(H,13,14)(H,16,17). The zero-order valence-electron chi connectivity index (χ0n) is 9.29. The fraction of sp³-hybridized carbons (Fsp3) is 0.182. The summed E-state index contributed by atoms with van der Waals surface area (Å²) in [6.07, 6.45) is 4.99. The van der Waals surface area contributed by atoms with E-state index in [2.05, 4.69) is 15.3 Å². The van der Waals surface area contributed by atoms with E-state index in [9.17, 15) is 4.79 Å². The second-order valence-electron chi connectivity index (χ2n) is 3.56. The Morgan fingerprint density at radius 2 is 2.29 bits per heavy atom. The van der Waals surface area contributed by atoms with E-state index in [1.165, 1.54) is 18.3 Å². The van der Waals surface area contributed by atoms with Gasteiger partial charge in [0.2, 0.25) is 5.95 Å². The molecule has 0 aliphatic carbocycles. The molecule has 2 N–H and O–H groups in total. The maximum atomic E-state index is 10.8. The number of nitrogens with zero attached hydrogens (tertiary/aromatic N) is 3. The summed E-state index contributed by atoms with van der Waals surface area (Å²) in [5, 5.41) is 11.9. The number of hydrogen-bond donors (Lipinski definition) is 2. The molecule has 0 aromatic carbocycles. The molecule has 2 aromatic heterocycles. The van der Waals surface area contributed by atoms with Crippen molar-refractivity contribution < 1.29 is 9.90 Å². The van der Waals surface area contributed by atoms with E-state index < -0.39 is 5.97 Å². The first-order valence-electron chi connectivity index (χ1n) is 5.06. The molecule has 0 amide bonds. The Morgan fingerprint density at radius 1 is 1.47 bits per heavy atom. The van der Waals surface area contributed by atoms with E-state index in [1.807, 2.05) is 17.8 Å². The Hall–Kier alpha value is -2.37. The molecule has 0 unspecified atom stereocenters. The van der Waals surface area contributed by atoms with E-state index >= 15 is 0 Å². The molecule has 0 fully saturated rings.